The maximum atomic E-state index is 14.6. The average molecular weight is 657 g/mol. The number of pyridine rings is 2. The standard InChI is InChI=1S/C37H30N5O5S/c1-24-9-16-30(17-10-24)48(45,46)47-42(29-14-12-28(13-15-29)41-19-5-8-35(41)43)36-31-21-25(27-20-26-6-3-4-7-32(26)38-22-27)11-18-33(31)39-23-34(36)40(2)37(42)44/h3-4,6-7,9-18,20-23H,5,8,19H2,1-2H3/q+1. The Labute approximate surface area is 277 Å². The highest BCUT2D eigenvalue weighted by Crippen LogP contribution is 2.53. The van der Waals surface area contributed by atoms with Crippen LogP contribution >= 0.6 is 0 Å². The lowest BCUT2D eigenvalue weighted by atomic mass is 10.0. The summed E-state index contributed by atoms with van der Waals surface area (Å²) in [5.41, 5.74) is 5.56. The first-order valence-electron chi connectivity index (χ1n) is 15.6. The summed E-state index contributed by atoms with van der Waals surface area (Å²) in [5, 5.41) is 1.50. The summed E-state index contributed by atoms with van der Waals surface area (Å²) in [7, 11) is -2.95. The Morgan fingerprint density at radius 3 is 2.31 bits per heavy atom. The summed E-state index contributed by atoms with van der Waals surface area (Å²) >= 11 is 0. The van der Waals surface area contributed by atoms with E-state index in [9.17, 15) is 18.0 Å². The van der Waals surface area contributed by atoms with E-state index in [1.165, 1.54) is 17.0 Å². The molecule has 2 aromatic heterocycles. The maximum Gasteiger partial charge on any atom is 0.468 e. The molecule has 3 amide bonds. The van der Waals surface area contributed by atoms with Gasteiger partial charge in [0.05, 0.1) is 27.5 Å². The van der Waals surface area contributed by atoms with Crippen molar-refractivity contribution in [1.29, 1.82) is 0 Å². The topological polar surface area (TPSA) is 110 Å². The number of urea groups is 1. The molecular formula is C37H30N5O5S+. The zero-order valence-corrected chi connectivity index (χ0v) is 27.0. The molecule has 0 bridgehead atoms. The number of carbonyl (C=O) groups is 2. The van der Waals surface area contributed by atoms with E-state index in [-0.39, 0.29) is 16.5 Å². The summed E-state index contributed by atoms with van der Waals surface area (Å²) in [5.74, 6) is 0.0138. The van der Waals surface area contributed by atoms with E-state index in [2.05, 4.69) is 9.97 Å². The number of nitrogens with zero attached hydrogens (tertiary/aromatic N) is 5. The van der Waals surface area contributed by atoms with Gasteiger partial charge in [-0.3, -0.25) is 19.7 Å². The van der Waals surface area contributed by atoms with Gasteiger partial charge in [0.25, 0.3) is 0 Å². The second-order valence-corrected chi connectivity index (χ2v) is 13.6. The largest absolute Gasteiger partial charge is 0.468 e. The van der Waals surface area contributed by atoms with Crippen molar-refractivity contribution in [2.45, 2.75) is 24.7 Å². The normalized spacial score (nSPS) is 17.9. The number of hydrogen-bond donors (Lipinski definition) is 0. The predicted octanol–water partition coefficient (Wildman–Crippen LogP) is 7.41. The van der Waals surface area contributed by atoms with Crippen LogP contribution in [0.2, 0.25) is 0 Å². The molecule has 1 fully saturated rings. The molecule has 0 N–H and O–H groups in total. The van der Waals surface area contributed by atoms with Crippen LogP contribution in [-0.4, -0.2) is 43.9 Å². The smallest absolute Gasteiger partial charge is 0.312 e. The quantitative estimate of drug-likeness (QED) is 0.172. The van der Waals surface area contributed by atoms with Crippen LogP contribution in [0.1, 0.15) is 18.4 Å². The number of rotatable bonds is 6. The Kier molecular flexibility index (Phi) is 6.88. The van der Waals surface area contributed by atoms with Crippen molar-refractivity contribution < 1.29 is 22.3 Å². The number of hydrogen-bond acceptors (Lipinski definition) is 7. The van der Waals surface area contributed by atoms with Crippen LogP contribution in [-0.2, 0) is 19.2 Å². The van der Waals surface area contributed by atoms with Crippen LogP contribution < -0.4 is 14.4 Å². The van der Waals surface area contributed by atoms with E-state index in [4.69, 9.17) is 4.28 Å². The highest BCUT2D eigenvalue weighted by Gasteiger charge is 2.60. The zero-order chi connectivity index (χ0) is 33.2. The molecule has 0 radical (unpaired) electrons. The minimum Gasteiger partial charge on any atom is -0.312 e. The van der Waals surface area contributed by atoms with Gasteiger partial charge in [-0.2, -0.15) is 8.42 Å². The average Bonchev–Trinajstić information content (AvgIpc) is 3.63. The predicted molar refractivity (Wildman–Crippen MR) is 185 cm³/mol. The van der Waals surface area contributed by atoms with Gasteiger partial charge < -0.3 is 4.90 Å². The van der Waals surface area contributed by atoms with Crippen LogP contribution in [0.25, 0.3) is 32.9 Å². The molecule has 4 heterocycles. The lowest BCUT2D eigenvalue weighted by Crippen LogP contribution is -2.51. The minimum atomic E-state index is -4.53. The van der Waals surface area contributed by atoms with Crippen molar-refractivity contribution >= 4 is 66.6 Å². The van der Waals surface area contributed by atoms with Gasteiger partial charge in [-0.05, 0) is 76.4 Å². The molecular weight excluding hydrogens is 627 g/mol. The molecule has 6 aromatic rings. The van der Waals surface area contributed by atoms with Gasteiger partial charge in [-0.1, -0.05) is 42.0 Å². The maximum absolute atomic E-state index is 14.6. The number of benzene rings is 4. The minimum absolute atomic E-state index is 0.0138. The van der Waals surface area contributed by atoms with Crippen molar-refractivity contribution in [2.75, 3.05) is 23.4 Å². The molecule has 8 rings (SSSR count). The first kappa shape index (κ1) is 29.9. The van der Waals surface area contributed by atoms with Gasteiger partial charge in [0.1, 0.15) is 5.69 Å². The fourth-order valence-electron chi connectivity index (χ4n) is 6.57. The monoisotopic (exact) mass is 656 g/mol. The molecule has 0 aliphatic carbocycles. The van der Waals surface area contributed by atoms with Gasteiger partial charge in [0.15, 0.2) is 5.69 Å². The van der Waals surface area contributed by atoms with Crippen LogP contribution in [0.3, 0.4) is 0 Å². The van der Waals surface area contributed by atoms with E-state index in [1.807, 2.05) is 55.5 Å². The van der Waals surface area contributed by atoms with Crippen molar-refractivity contribution in [3.63, 3.8) is 0 Å². The molecule has 1 unspecified atom stereocenters. The van der Waals surface area contributed by atoms with E-state index < -0.39 is 20.8 Å². The summed E-state index contributed by atoms with van der Waals surface area (Å²) in [6.07, 6.45) is 4.57. The second kappa shape index (κ2) is 11.1. The Morgan fingerprint density at radius 1 is 0.812 bits per heavy atom. The number of anilines is 2. The van der Waals surface area contributed by atoms with E-state index >= 15 is 0 Å². The molecule has 1 atom stereocenters. The Balaban J connectivity index is 1.37. The third-order valence-corrected chi connectivity index (χ3v) is 10.4. The zero-order valence-electron chi connectivity index (χ0n) is 26.2. The summed E-state index contributed by atoms with van der Waals surface area (Å²) in [6.45, 7) is 2.44. The molecule has 0 saturated carbocycles. The second-order valence-electron chi connectivity index (χ2n) is 12.1. The van der Waals surface area contributed by atoms with Crippen LogP contribution in [0.4, 0.5) is 27.5 Å². The molecule has 0 spiro atoms. The molecule has 2 aliphatic heterocycles. The van der Waals surface area contributed by atoms with Gasteiger partial charge >= 0.3 is 16.1 Å². The molecule has 238 valence electrons. The highest BCUT2D eigenvalue weighted by atomic mass is 32.2. The van der Waals surface area contributed by atoms with E-state index in [1.54, 1.807) is 60.7 Å². The number of carbonyl (C=O) groups excluding carboxylic acids is 2. The lowest BCUT2D eigenvalue weighted by Gasteiger charge is -2.27. The Morgan fingerprint density at radius 2 is 1.56 bits per heavy atom. The number of amides is 3. The van der Waals surface area contributed by atoms with Crippen LogP contribution in [0.5, 0.6) is 0 Å². The van der Waals surface area contributed by atoms with E-state index in [0.29, 0.717) is 40.9 Å². The first-order chi connectivity index (χ1) is 23.2. The highest BCUT2D eigenvalue weighted by molar-refractivity contribution is 7.86. The van der Waals surface area contributed by atoms with Crippen molar-refractivity contribution in [3.05, 3.63) is 115 Å². The molecule has 2 aliphatic rings. The molecule has 48 heavy (non-hydrogen) atoms. The van der Waals surface area contributed by atoms with Crippen LogP contribution in [0.15, 0.2) is 114 Å². The third kappa shape index (κ3) is 4.66. The van der Waals surface area contributed by atoms with Crippen molar-refractivity contribution in [3.8, 4) is 11.1 Å². The van der Waals surface area contributed by atoms with Crippen molar-refractivity contribution in [1.82, 2.24) is 14.6 Å². The first-order valence-corrected chi connectivity index (χ1v) is 17.0. The SMILES string of the molecule is Cc1ccc(S(=O)(=O)O[N+]2(c3ccc(N4CCCC4=O)cc3)C(=O)N(C)c3cnc4ccc(-c5cnc6ccccc6c5)cc4c32)cc1. The number of fused-ring (bicyclic) bond motifs is 4. The Hall–Kier alpha value is -5.49. The molecule has 11 heteroatoms. The number of hydroxylamine groups is 1. The number of aromatic nitrogens is 2. The van der Waals surface area contributed by atoms with E-state index in [0.717, 1.165) is 34.0 Å². The lowest BCUT2D eigenvalue weighted by molar-refractivity contribution is -0.117. The summed E-state index contributed by atoms with van der Waals surface area (Å²) < 4.78 is 33.3. The Bertz CT molecular complexity index is 2400. The number of quaternary nitrogens is 1. The van der Waals surface area contributed by atoms with Gasteiger partial charge in [0, 0.05) is 55.0 Å². The van der Waals surface area contributed by atoms with Crippen LogP contribution in [0, 0.1) is 6.92 Å². The van der Waals surface area contributed by atoms with Gasteiger partial charge in [0.2, 0.25) is 11.6 Å². The van der Waals surface area contributed by atoms with Gasteiger partial charge in [-0.15, -0.1) is 0 Å². The van der Waals surface area contributed by atoms with Gasteiger partial charge in [-0.25, -0.2) is 4.79 Å². The van der Waals surface area contributed by atoms with Crippen molar-refractivity contribution in [2.24, 2.45) is 0 Å². The fraction of sp³-hybridized carbons (Fsp3) is 0.135. The third-order valence-electron chi connectivity index (χ3n) is 9.09. The molecule has 10 nitrogen and oxygen atoms in total. The number of para-hydroxylation sites is 1. The molecule has 1 saturated heterocycles. The summed E-state index contributed by atoms with van der Waals surface area (Å²) in [6, 6.07) is 27.9. The molecule has 4 aromatic carbocycles. The summed E-state index contributed by atoms with van der Waals surface area (Å²) in [4.78, 5) is 39.4. The fourth-order valence-corrected chi connectivity index (χ4v) is 7.65. The number of aryl methyl sites for hydroxylation is 1.